The SMILES string of the molecule is NC(=O)C1Cc2ncccc2N1c1cc(Cl)c(F)cc1F. The molecular formula is C14H10ClF2N3O. The minimum absolute atomic E-state index is 0.00282. The number of benzene rings is 1. The molecule has 1 unspecified atom stereocenters. The molecular weight excluding hydrogens is 300 g/mol. The van der Waals surface area contributed by atoms with Crippen molar-refractivity contribution in [2.75, 3.05) is 4.90 Å². The number of rotatable bonds is 2. The molecule has 0 bridgehead atoms. The number of anilines is 2. The van der Waals surface area contributed by atoms with E-state index in [0.29, 0.717) is 17.4 Å². The molecule has 1 amide bonds. The van der Waals surface area contributed by atoms with Crippen LogP contribution in [0.2, 0.25) is 5.02 Å². The molecule has 0 spiro atoms. The first-order valence-corrected chi connectivity index (χ1v) is 6.54. The summed E-state index contributed by atoms with van der Waals surface area (Å²) < 4.78 is 27.4. The van der Waals surface area contributed by atoms with E-state index in [-0.39, 0.29) is 17.1 Å². The molecule has 0 saturated heterocycles. The summed E-state index contributed by atoms with van der Waals surface area (Å²) in [5.74, 6) is -2.30. The number of hydrogen-bond donors (Lipinski definition) is 1. The van der Waals surface area contributed by atoms with E-state index in [1.54, 1.807) is 18.3 Å². The third-order valence-corrected chi connectivity index (χ3v) is 3.69. The number of nitrogens with zero attached hydrogens (tertiary/aromatic N) is 2. The van der Waals surface area contributed by atoms with Crippen molar-refractivity contribution in [1.29, 1.82) is 0 Å². The molecule has 2 heterocycles. The smallest absolute Gasteiger partial charge is 0.240 e. The van der Waals surface area contributed by atoms with E-state index in [2.05, 4.69) is 4.98 Å². The van der Waals surface area contributed by atoms with Crippen LogP contribution in [-0.4, -0.2) is 16.9 Å². The lowest BCUT2D eigenvalue weighted by Gasteiger charge is -2.25. The van der Waals surface area contributed by atoms with E-state index in [9.17, 15) is 13.6 Å². The molecule has 4 nitrogen and oxygen atoms in total. The van der Waals surface area contributed by atoms with Gasteiger partial charge in [0, 0.05) is 18.7 Å². The van der Waals surface area contributed by atoms with Crippen molar-refractivity contribution in [2.45, 2.75) is 12.5 Å². The van der Waals surface area contributed by atoms with Crippen LogP contribution in [0, 0.1) is 11.6 Å². The Hall–Kier alpha value is -2.21. The maximum Gasteiger partial charge on any atom is 0.240 e. The number of hydrogen-bond acceptors (Lipinski definition) is 3. The first kappa shape index (κ1) is 13.8. The van der Waals surface area contributed by atoms with Crippen molar-refractivity contribution in [3.8, 4) is 0 Å². The van der Waals surface area contributed by atoms with Crippen LogP contribution < -0.4 is 10.6 Å². The zero-order valence-corrected chi connectivity index (χ0v) is 11.4. The molecule has 1 aromatic heterocycles. The summed E-state index contributed by atoms with van der Waals surface area (Å²) in [6.45, 7) is 0. The standard InChI is InChI=1S/C14H10ClF2N3O/c15-7-4-12(9(17)5-8(7)16)20-11-2-1-3-19-10(11)6-13(20)14(18)21/h1-5,13H,6H2,(H2,18,21). The van der Waals surface area contributed by atoms with Gasteiger partial charge in [-0.25, -0.2) is 8.78 Å². The Balaban J connectivity index is 2.18. The Morgan fingerprint density at radius 1 is 1.33 bits per heavy atom. The number of fused-ring (bicyclic) bond motifs is 1. The van der Waals surface area contributed by atoms with Crippen molar-refractivity contribution in [3.63, 3.8) is 0 Å². The van der Waals surface area contributed by atoms with Crippen molar-refractivity contribution in [2.24, 2.45) is 5.73 Å². The van der Waals surface area contributed by atoms with Crippen molar-refractivity contribution in [1.82, 2.24) is 4.98 Å². The zero-order valence-electron chi connectivity index (χ0n) is 10.7. The van der Waals surface area contributed by atoms with E-state index < -0.39 is 23.6 Å². The van der Waals surface area contributed by atoms with Gasteiger partial charge in [0.2, 0.25) is 5.91 Å². The second kappa shape index (κ2) is 4.96. The number of nitrogens with two attached hydrogens (primary N) is 1. The summed E-state index contributed by atoms with van der Waals surface area (Å²) in [6.07, 6.45) is 1.84. The fourth-order valence-electron chi connectivity index (χ4n) is 2.47. The molecule has 0 radical (unpaired) electrons. The van der Waals surface area contributed by atoms with E-state index in [1.807, 2.05) is 0 Å². The Kier molecular flexibility index (Phi) is 3.25. The van der Waals surface area contributed by atoms with E-state index in [1.165, 1.54) is 4.90 Å². The fourth-order valence-corrected chi connectivity index (χ4v) is 2.63. The third kappa shape index (κ3) is 2.21. The molecule has 21 heavy (non-hydrogen) atoms. The van der Waals surface area contributed by atoms with Gasteiger partial charge in [-0.15, -0.1) is 0 Å². The second-order valence-corrected chi connectivity index (χ2v) is 5.09. The van der Waals surface area contributed by atoms with Crippen LogP contribution in [0.1, 0.15) is 5.69 Å². The van der Waals surface area contributed by atoms with Crippen LogP contribution in [0.15, 0.2) is 30.5 Å². The molecule has 1 atom stereocenters. The average molecular weight is 310 g/mol. The molecule has 2 N–H and O–H groups in total. The zero-order chi connectivity index (χ0) is 15.1. The highest BCUT2D eigenvalue weighted by Gasteiger charge is 2.36. The van der Waals surface area contributed by atoms with Crippen LogP contribution >= 0.6 is 11.6 Å². The molecule has 2 aromatic rings. The monoisotopic (exact) mass is 309 g/mol. The number of pyridine rings is 1. The molecule has 1 aliphatic rings. The number of aromatic nitrogens is 1. The first-order valence-electron chi connectivity index (χ1n) is 6.16. The summed E-state index contributed by atoms with van der Waals surface area (Å²) in [5.41, 5.74) is 6.57. The van der Waals surface area contributed by atoms with Crippen molar-refractivity contribution in [3.05, 3.63) is 52.8 Å². The Morgan fingerprint density at radius 3 is 2.81 bits per heavy atom. The first-order chi connectivity index (χ1) is 9.99. The van der Waals surface area contributed by atoms with Gasteiger partial charge in [0.25, 0.3) is 0 Å². The highest BCUT2D eigenvalue weighted by molar-refractivity contribution is 6.31. The van der Waals surface area contributed by atoms with Gasteiger partial charge >= 0.3 is 0 Å². The van der Waals surface area contributed by atoms with Crippen LogP contribution in [0.25, 0.3) is 0 Å². The van der Waals surface area contributed by atoms with Gasteiger partial charge in [0.1, 0.15) is 17.7 Å². The number of primary amides is 1. The van der Waals surface area contributed by atoms with Crippen molar-refractivity contribution >= 4 is 28.9 Å². The molecule has 0 fully saturated rings. The summed E-state index contributed by atoms with van der Waals surface area (Å²) >= 11 is 5.72. The van der Waals surface area contributed by atoms with Gasteiger partial charge in [-0.05, 0) is 18.2 Å². The van der Waals surface area contributed by atoms with Gasteiger partial charge in [-0.2, -0.15) is 0 Å². The number of halogens is 3. The Morgan fingerprint density at radius 2 is 2.10 bits per heavy atom. The fraction of sp³-hybridized carbons (Fsp3) is 0.143. The van der Waals surface area contributed by atoms with Gasteiger partial charge in [0.15, 0.2) is 0 Å². The molecule has 0 saturated carbocycles. The van der Waals surface area contributed by atoms with E-state index in [4.69, 9.17) is 17.3 Å². The van der Waals surface area contributed by atoms with E-state index in [0.717, 1.165) is 6.07 Å². The largest absolute Gasteiger partial charge is 0.368 e. The van der Waals surface area contributed by atoms with Gasteiger partial charge in [0.05, 0.1) is 22.1 Å². The van der Waals surface area contributed by atoms with Crippen LogP contribution in [0.4, 0.5) is 20.2 Å². The third-order valence-electron chi connectivity index (χ3n) is 3.40. The predicted molar refractivity (Wildman–Crippen MR) is 74.4 cm³/mol. The highest BCUT2D eigenvalue weighted by Crippen LogP contribution is 2.39. The number of amides is 1. The molecule has 0 aliphatic carbocycles. The van der Waals surface area contributed by atoms with Gasteiger partial charge in [-0.1, -0.05) is 11.6 Å². The van der Waals surface area contributed by atoms with Gasteiger partial charge in [-0.3, -0.25) is 9.78 Å². The van der Waals surface area contributed by atoms with Crippen molar-refractivity contribution < 1.29 is 13.6 Å². The molecule has 1 aromatic carbocycles. The summed E-state index contributed by atoms with van der Waals surface area (Å²) in [6, 6.07) is 4.40. The lowest BCUT2D eigenvalue weighted by atomic mass is 10.2. The minimum atomic E-state index is -0.862. The quantitative estimate of drug-likeness (QED) is 0.867. The van der Waals surface area contributed by atoms with Crippen LogP contribution in [0.3, 0.4) is 0 Å². The summed E-state index contributed by atoms with van der Waals surface area (Å²) in [5, 5.41) is -0.230. The summed E-state index contributed by atoms with van der Waals surface area (Å²) in [4.78, 5) is 17.2. The predicted octanol–water partition coefficient (Wildman–Crippen LogP) is 2.56. The average Bonchev–Trinajstić information content (AvgIpc) is 2.82. The molecule has 7 heteroatoms. The van der Waals surface area contributed by atoms with Crippen LogP contribution in [0.5, 0.6) is 0 Å². The second-order valence-electron chi connectivity index (χ2n) is 4.68. The minimum Gasteiger partial charge on any atom is -0.368 e. The Labute approximate surface area is 124 Å². The summed E-state index contributed by atoms with van der Waals surface area (Å²) in [7, 11) is 0. The normalized spacial score (nSPS) is 16.9. The number of carbonyl (C=O) groups excluding carboxylic acids is 1. The van der Waals surface area contributed by atoms with Crippen LogP contribution in [-0.2, 0) is 11.2 Å². The Bertz CT molecular complexity index is 738. The molecule has 108 valence electrons. The molecule has 1 aliphatic heterocycles. The van der Waals surface area contributed by atoms with Gasteiger partial charge < -0.3 is 10.6 Å². The van der Waals surface area contributed by atoms with E-state index >= 15 is 0 Å². The lowest BCUT2D eigenvalue weighted by molar-refractivity contribution is -0.119. The molecule has 3 rings (SSSR count). The maximum atomic E-state index is 14.1. The highest BCUT2D eigenvalue weighted by atomic mass is 35.5. The lowest BCUT2D eigenvalue weighted by Crippen LogP contribution is -2.40. The topological polar surface area (TPSA) is 59.2 Å². The number of carbonyl (C=O) groups is 1. The maximum absolute atomic E-state index is 14.1.